The van der Waals surface area contributed by atoms with Crippen LogP contribution in [0.4, 0.5) is 5.82 Å². The SMILES string of the molecule is Cc1cccc(C)c1-c1nc(N)c2cc(Cl)ccc2n1. The summed E-state index contributed by atoms with van der Waals surface area (Å²) in [5, 5.41) is 1.42. The van der Waals surface area contributed by atoms with Crippen molar-refractivity contribution in [3.05, 3.63) is 52.5 Å². The Morgan fingerprint density at radius 2 is 1.70 bits per heavy atom. The number of anilines is 1. The molecule has 0 saturated heterocycles. The fourth-order valence-electron chi connectivity index (χ4n) is 2.40. The lowest BCUT2D eigenvalue weighted by Crippen LogP contribution is -2.00. The lowest BCUT2D eigenvalue weighted by molar-refractivity contribution is 1.20. The van der Waals surface area contributed by atoms with Gasteiger partial charge in [0.1, 0.15) is 5.82 Å². The molecule has 0 radical (unpaired) electrons. The molecule has 0 unspecified atom stereocenters. The number of fused-ring (bicyclic) bond motifs is 1. The summed E-state index contributed by atoms with van der Waals surface area (Å²) in [6.45, 7) is 4.10. The highest BCUT2D eigenvalue weighted by Crippen LogP contribution is 2.28. The molecule has 0 aliphatic heterocycles. The Labute approximate surface area is 122 Å². The number of nitrogens with zero attached hydrogens (tertiary/aromatic N) is 2. The first kappa shape index (κ1) is 12.9. The first-order valence-corrected chi connectivity index (χ1v) is 6.73. The predicted octanol–water partition coefficient (Wildman–Crippen LogP) is 4.15. The zero-order valence-corrected chi connectivity index (χ0v) is 12.1. The molecule has 0 saturated carbocycles. The Kier molecular flexibility index (Phi) is 3.07. The van der Waals surface area contributed by atoms with Crippen LogP contribution in [0.5, 0.6) is 0 Å². The van der Waals surface area contributed by atoms with Gasteiger partial charge >= 0.3 is 0 Å². The molecule has 20 heavy (non-hydrogen) atoms. The smallest absolute Gasteiger partial charge is 0.162 e. The molecule has 3 aromatic rings. The van der Waals surface area contributed by atoms with Crippen molar-refractivity contribution in [2.75, 3.05) is 5.73 Å². The average Bonchev–Trinajstić information content (AvgIpc) is 2.39. The van der Waals surface area contributed by atoms with E-state index in [2.05, 4.69) is 9.97 Å². The van der Waals surface area contributed by atoms with Crippen LogP contribution in [0.15, 0.2) is 36.4 Å². The van der Waals surface area contributed by atoms with Gasteiger partial charge < -0.3 is 5.73 Å². The molecule has 0 bridgehead atoms. The molecule has 0 spiro atoms. The van der Waals surface area contributed by atoms with E-state index in [-0.39, 0.29) is 0 Å². The van der Waals surface area contributed by atoms with Crippen LogP contribution in [0.3, 0.4) is 0 Å². The molecule has 0 fully saturated rings. The highest BCUT2D eigenvalue weighted by atomic mass is 35.5. The van der Waals surface area contributed by atoms with Gasteiger partial charge in [0, 0.05) is 16.0 Å². The summed E-state index contributed by atoms with van der Waals surface area (Å²) in [6, 6.07) is 11.6. The van der Waals surface area contributed by atoms with E-state index in [1.807, 2.05) is 44.2 Å². The summed E-state index contributed by atoms with van der Waals surface area (Å²) in [5.74, 6) is 1.11. The second-order valence-corrected chi connectivity index (χ2v) is 5.30. The van der Waals surface area contributed by atoms with Crippen molar-refractivity contribution in [2.45, 2.75) is 13.8 Å². The van der Waals surface area contributed by atoms with E-state index in [1.54, 1.807) is 6.07 Å². The van der Waals surface area contributed by atoms with Crippen LogP contribution in [0.1, 0.15) is 11.1 Å². The molecular weight excluding hydrogens is 270 g/mol. The minimum Gasteiger partial charge on any atom is -0.383 e. The molecule has 100 valence electrons. The molecule has 0 aliphatic carbocycles. The van der Waals surface area contributed by atoms with Gasteiger partial charge in [-0.15, -0.1) is 0 Å². The number of aryl methyl sites for hydroxylation is 2. The van der Waals surface area contributed by atoms with Gasteiger partial charge in [-0.2, -0.15) is 0 Å². The van der Waals surface area contributed by atoms with Crippen molar-refractivity contribution >= 4 is 28.3 Å². The maximum absolute atomic E-state index is 6.05. The average molecular weight is 284 g/mol. The van der Waals surface area contributed by atoms with Crippen molar-refractivity contribution in [1.82, 2.24) is 9.97 Å². The summed E-state index contributed by atoms with van der Waals surface area (Å²) in [4.78, 5) is 9.06. The number of nitrogens with two attached hydrogens (primary N) is 1. The van der Waals surface area contributed by atoms with Gasteiger partial charge in [-0.25, -0.2) is 9.97 Å². The first-order chi connectivity index (χ1) is 9.56. The van der Waals surface area contributed by atoms with Crippen molar-refractivity contribution < 1.29 is 0 Å². The van der Waals surface area contributed by atoms with Gasteiger partial charge in [-0.1, -0.05) is 29.8 Å². The van der Waals surface area contributed by atoms with E-state index in [1.165, 1.54) is 0 Å². The number of hydrogen-bond acceptors (Lipinski definition) is 3. The molecule has 1 aromatic heterocycles. The maximum Gasteiger partial charge on any atom is 0.162 e. The van der Waals surface area contributed by atoms with Gasteiger partial charge in [0.05, 0.1) is 5.52 Å². The van der Waals surface area contributed by atoms with Crippen LogP contribution in [-0.2, 0) is 0 Å². The van der Waals surface area contributed by atoms with Gasteiger partial charge in [0.25, 0.3) is 0 Å². The summed E-state index contributed by atoms with van der Waals surface area (Å²) >= 11 is 5.99. The highest BCUT2D eigenvalue weighted by Gasteiger charge is 2.11. The van der Waals surface area contributed by atoms with Gasteiger partial charge in [-0.3, -0.25) is 0 Å². The summed E-state index contributed by atoms with van der Waals surface area (Å²) in [7, 11) is 0. The second kappa shape index (κ2) is 4.76. The lowest BCUT2D eigenvalue weighted by Gasteiger charge is -2.10. The topological polar surface area (TPSA) is 51.8 Å². The Bertz CT molecular complexity index is 792. The molecule has 0 amide bonds. The van der Waals surface area contributed by atoms with E-state index in [4.69, 9.17) is 17.3 Å². The van der Waals surface area contributed by atoms with Crippen LogP contribution < -0.4 is 5.73 Å². The summed E-state index contributed by atoms with van der Waals surface area (Å²) in [5.41, 5.74) is 10.2. The Hall–Kier alpha value is -2.13. The zero-order valence-electron chi connectivity index (χ0n) is 11.3. The summed E-state index contributed by atoms with van der Waals surface area (Å²) < 4.78 is 0. The summed E-state index contributed by atoms with van der Waals surface area (Å²) in [6.07, 6.45) is 0. The molecule has 0 aliphatic rings. The van der Waals surface area contributed by atoms with E-state index in [0.29, 0.717) is 16.7 Å². The molecule has 3 rings (SSSR count). The Morgan fingerprint density at radius 1 is 1.00 bits per heavy atom. The Morgan fingerprint density at radius 3 is 2.40 bits per heavy atom. The van der Waals surface area contributed by atoms with Crippen LogP contribution in [-0.4, -0.2) is 9.97 Å². The highest BCUT2D eigenvalue weighted by molar-refractivity contribution is 6.31. The first-order valence-electron chi connectivity index (χ1n) is 6.35. The number of aromatic nitrogens is 2. The van der Waals surface area contributed by atoms with E-state index < -0.39 is 0 Å². The number of benzene rings is 2. The molecular formula is C16H14ClN3. The van der Waals surface area contributed by atoms with Crippen molar-refractivity contribution in [1.29, 1.82) is 0 Å². The van der Waals surface area contributed by atoms with Crippen LogP contribution in [0.2, 0.25) is 5.02 Å². The molecule has 2 aromatic carbocycles. The Balaban J connectivity index is 2.31. The maximum atomic E-state index is 6.05. The fourth-order valence-corrected chi connectivity index (χ4v) is 2.58. The normalized spacial score (nSPS) is 10.9. The molecule has 1 heterocycles. The zero-order chi connectivity index (χ0) is 14.3. The monoisotopic (exact) mass is 283 g/mol. The predicted molar refractivity (Wildman–Crippen MR) is 83.9 cm³/mol. The van der Waals surface area contributed by atoms with Crippen molar-refractivity contribution in [2.24, 2.45) is 0 Å². The molecule has 3 nitrogen and oxygen atoms in total. The van der Waals surface area contributed by atoms with E-state index in [9.17, 15) is 0 Å². The van der Waals surface area contributed by atoms with Gasteiger partial charge in [0.15, 0.2) is 5.82 Å². The quantitative estimate of drug-likeness (QED) is 0.730. The van der Waals surface area contributed by atoms with E-state index >= 15 is 0 Å². The molecule has 4 heteroatoms. The molecule has 0 atom stereocenters. The van der Waals surface area contributed by atoms with Gasteiger partial charge in [0.2, 0.25) is 0 Å². The number of nitrogen functional groups attached to an aromatic ring is 1. The number of halogens is 1. The fraction of sp³-hybridized carbons (Fsp3) is 0.125. The minimum atomic E-state index is 0.454. The van der Waals surface area contributed by atoms with Gasteiger partial charge in [-0.05, 0) is 43.2 Å². The van der Waals surface area contributed by atoms with E-state index in [0.717, 1.165) is 27.6 Å². The number of rotatable bonds is 1. The molecule has 2 N–H and O–H groups in total. The lowest BCUT2D eigenvalue weighted by atomic mass is 10.0. The third-order valence-corrected chi connectivity index (χ3v) is 3.63. The number of hydrogen-bond donors (Lipinski definition) is 1. The second-order valence-electron chi connectivity index (χ2n) is 4.86. The standard InChI is InChI=1S/C16H14ClN3/c1-9-4-3-5-10(2)14(9)16-19-13-7-6-11(17)8-12(13)15(18)20-16/h3-8H,1-2H3,(H2,18,19,20). The third-order valence-electron chi connectivity index (χ3n) is 3.39. The van der Waals surface area contributed by atoms with Crippen LogP contribution >= 0.6 is 11.6 Å². The van der Waals surface area contributed by atoms with Crippen LogP contribution in [0.25, 0.3) is 22.3 Å². The third kappa shape index (κ3) is 2.10. The van der Waals surface area contributed by atoms with Crippen molar-refractivity contribution in [3.8, 4) is 11.4 Å². The van der Waals surface area contributed by atoms with Crippen LogP contribution in [0, 0.1) is 13.8 Å². The van der Waals surface area contributed by atoms with Crippen molar-refractivity contribution in [3.63, 3.8) is 0 Å². The minimum absolute atomic E-state index is 0.454. The largest absolute Gasteiger partial charge is 0.383 e.